The van der Waals surface area contributed by atoms with Crippen molar-refractivity contribution in [3.8, 4) is 0 Å². The van der Waals surface area contributed by atoms with E-state index in [0.717, 1.165) is 11.1 Å². The van der Waals surface area contributed by atoms with E-state index in [1.54, 1.807) is 0 Å². The molecule has 1 aliphatic rings. The first kappa shape index (κ1) is 18.0. The summed E-state index contributed by atoms with van der Waals surface area (Å²) in [6.45, 7) is 1.22. The van der Waals surface area contributed by atoms with Crippen LogP contribution >= 0.6 is 0 Å². The summed E-state index contributed by atoms with van der Waals surface area (Å²) in [6.07, 6.45) is -2.49. The summed E-state index contributed by atoms with van der Waals surface area (Å²) in [5.41, 5.74) is 2.13. The summed E-state index contributed by atoms with van der Waals surface area (Å²) >= 11 is 0. The van der Waals surface area contributed by atoms with Gasteiger partial charge in [0.2, 0.25) is 0 Å². The molecule has 25 heavy (non-hydrogen) atoms. The molecule has 3 rings (SSSR count). The van der Waals surface area contributed by atoms with Crippen LogP contribution in [0.5, 0.6) is 0 Å². The quantitative estimate of drug-likeness (QED) is 0.769. The Balaban J connectivity index is 1.56. The van der Waals surface area contributed by atoms with Crippen molar-refractivity contribution < 1.29 is 24.4 Å². The molecule has 0 bridgehead atoms. The number of rotatable bonds is 8. The van der Waals surface area contributed by atoms with E-state index in [1.165, 1.54) is 0 Å². The number of aliphatic hydroxyl groups excluding tert-OH is 2. The molecule has 2 N–H and O–H groups in total. The predicted octanol–water partition coefficient (Wildman–Crippen LogP) is 2.26. The molecule has 1 aliphatic heterocycles. The third kappa shape index (κ3) is 5.36. The first-order chi connectivity index (χ1) is 12.2. The number of benzene rings is 2. The molecule has 4 atom stereocenters. The van der Waals surface area contributed by atoms with E-state index in [9.17, 15) is 10.2 Å². The summed E-state index contributed by atoms with van der Waals surface area (Å²) in [6, 6.07) is 19.7. The monoisotopic (exact) mass is 344 g/mol. The molecular weight excluding hydrogens is 320 g/mol. The van der Waals surface area contributed by atoms with Crippen LogP contribution in [0.15, 0.2) is 60.7 Å². The Morgan fingerprint density at radius 2 is 1.52 bits per heavy atom. The van der Waals surface area contributed by atoms with Crippen LogP contribution in [0.4, 0.5) is 0 Å². The van der Waals surface area contributed by atoms with Crippen LogP contribution in [0.1, 0.15) is 17.5 Å². The van der Waals surface area contributed by atoms with Gasteiger partial charge in [0.1, 0.15) is 12.2 Å². The van der Waals surface area contributed by atoms with Crippen molar-refractivity contribution >= 4 is 0 Å². The van der Waals surface area contributed by atoms with Crippen LogP contribution in [0.2, 0.25) is 0 Å². The van der Waals surface area contributed by atoms with Gasteiger partial charge in [-0.15, -0.1) is 0 Å². The van der Waals surface area contributed by atoms with E-state index in [-0.39, 0.29) is 6.10 Å². The summed E-state index contributed by atoms with van der Waals surface area (Å²) in [4.78, 5) is 0. The van der Waals surface area contributed by atoms with Crippen molar-refractivity contribution in [3.63, 3.8) is 0 Å². The van der Waals surface area contributed by atoms with Gasteiger partial charge in [-0.3, -0.25) is 0 Å². The summed E-state index contributed by atoms with van der Waals surface area (Å²) in [5, 5.41) is 19.4. The van der Waals surface area contributed by atoms with Gasteiger partial charge < -0.3 is 24.4 Å². The van der Waals surface area contributed by atoms with Crippen molar-refractivity contribution in [3.05, 3.63) is 71.8 Å². The highest BCUT2D eigenvalue weighted by Crippen LogP contribution is 2.24. The molecule has 134 valence electrons. The smallest absolute Gasteiger partial charge is 0.181 e. The second kappa shape index (κ2) is 9.08. The van der Waals surface area contributed by atoms with E-state index in [0.29, 0.717) is 26.2 Å². The maximum atomic E-state index is 9.73. The molecule has 5 heteroatoms. The molecule has 2 aromatic rings. The van der Waals surface area contributed by atoms with Gasteiger partial charge in [0.15, 0.2) is 6.29 Å². The van der Waals surface area contributed by atoms with Crippen LogP contribution in [-0.4, -0.2) is 41.4 Å². The van der Waals surface area contributed by atoms with Crippen LogP contribution in [0, 0.1) is 0 Å². The van der Waals surface area contributed by atoms with E-state index in [1.807, 2.05) is 60.7 Å². The van der Waals surface area contributed by atoms with E-state index in [4.69, 9.17) is 14.2 Å². The minimum absolute atomic E-state index is 0.325. The van der Waals surface area contributed by atoms with Gasteiger partial charge in [-0.2, -0.15) is 0 Å². The average molecular weight is 344 g/mol. The molecule has 5 nitrogen and oxygen atoms in total. The fraction of sp³-hybridized carbons (Fsp3) is 0.400. The Kier molecular flexibility index (Phi) is 6.55. The number of ether oxygens (including phenoxy) is 3. The maximum Gasteiger partial charge on any atom is 0.181 e. The average Bonchev–Trinajstić information content (AvgIpc) is 2.98. The highest BCUT2D eigenvalue weighted by atomic mass is 16.6. The first-order valence-electron chi connectivity index (χ1n) is 8.51. The van der Waals surface area contributed by atoms with Crippen LogP contribution in [0.3, 0.4) is 0 Å². The van der Waals surface area contributed by atoms with E-state index in [2.05, 4.69) is 0 Å². The zero-order valence-electron chi connectivity index (χ0n) is 14.0. The Bertz CT molecular complexity index is 608. The normalized spacial score (nSPS) is 24.3. The second-order valence-electron chi connectivity index (χ2n) is 6.20. The molecule has 0 saturated carbocycles. The molecule has 0 aromatic heterocycles. The SMILES string of the molecule is O[C@@H]1C[C@H]([C@@H](COCc2ccccc2)OCc2ccccc2)O[C@@H]1O. The van der Waals surface area contributed by atoms with E-state index < -0.39 is 18.5 Å². The van der Waals surface area contributed by atoms with Crippen LogP contribution in [0.25, 0.3) is 0 Å². The highest BCUT2D eigenvalue weighted by Gasteiger charge is 2.37. The lowest BCUT2D eigenvalue weighted by atomic mass is 10.1. The summed E-state index contributed by atoms with van der Waals surface area (Å²) in [5.74, 6) is 0. The Morgan fingerprint density at radius 1 is 0.920 bits per heavy atom. The lowest BCUT2D eigenvalue weighted by Gasteiger charge is -2.23. The second-order valence-corrected chi connectivity index (χ2v) is 6.20. The van der Waals surface area contributed by atoms with Gasteiger partial charge in [-0.1, -0.05) is 60.7 Å². The highest BCUT2D eigenvalue weighted by molar-refractivity contribution is 5.14. The Morgan fingerprint density at radius 3 is 2.08 bits per heavy atom. The molecule has 0 aliphatic carbocycles. The molecule has 0 spiro atoms. The molecular formula is C20H24O5. The lowest BCUT2D eigenvalue weighted by molar-refractivity contribution is -0.165. The number of aliphatic hydroxyl groups is 2. The van der Waals surface area contributed by atoms with Gasteiger partial charge in [-0.05, 0) is 11.1 Å². The third-order valence-corrected chi connectivity index (χ3v) is 4.23. The predicted molar refractivity (Wildman–Crippen MR) is 92.6 cm³/mol. The van der Waals surface area contributed by atoms with Crippen LogP contribution < -0.4 is 0 Å². The zero-order valence-corrected chi connectivity index (χ0v) is 14.0. The Hall–Kier alpha value is -1.76. The molecule has 0 amide bonds. The third-order valence-electron chi connectivity index (χ3n) is 4.23. The molecule has 0 unspecified atom stereocenters. The minimum atomic E-state index is -1.16. The number of hydrogen-bond donors (Lipinski definition) is 2. The Labute approximate surface area is 147 Å². The van der Waals surface area contributed by atoms with Gasteiger partial charge in [0.25, 0.3) is 0 Å². The summed E-state index contributed by atoms with van der Waals surface area (Å²) < 4.78 is 17.2. The van der Waals surface area contributed by atoms with Gasteiger partial charge in [0, 0.05) is 6.42 Å². The topological polar surface area (TPSA) is 68.2 Å². The van der Waals surface area contributed by atoms with Crippen LogP contribution in [-0.2, 0) is 27.4 Å². The first-order valence-corrected chi connectivity index (χ1v) is 8.51. The standard InChI is InChI=1S/C20H24O5/c21-17-11-18(25-20(17)22)19(24-13-16-9-5-2-6-10-16)14-23-12-15-7-3-1-4-8-15/h1-10,17-22H,11-14H2/t17-,18-,19-,20+/m1/s1. The van der Waals surface area contributed by atoms with Gasteiger partial charge in [-0.25, -0.2) is 0 Å². The fourth-order valence-electron chi connectivity index (χ4n) is 2.83. The zero-order chi connectivity index (χ0) is 17.5. The van der Waals surface area contributed by atoms with Crippen molar-refractivity contribution in [2.24, 2.45) is 0 Å². The summed E-state index contributed by atoms with van der Waals surface area (Å²) in [7, 11) is 0. The van der Waals surface area contributed by atoms with Crippen molar-refractivity contribution in [2.45, 2.75) is 44.2 Å². The van der Waals surface area contributed by atoms with Crippen molar-refractivity contribution in [1.82, 2.24) is 0 Å². The van der Waals surface area contributed by atoms with Crippen molar-refractivity contribution in [2.75, 3.05) is 6.61 Å². The lowest BCUT2D eigenvalue weighted by Crippen LogP contribution is -2.33. The molecule has 1 fully saturated rings. The molecule has 2 aromatic carbocycles. The maximum absolute atomic E-state index is 9.73. The minimum Gasteiger partial charge on any atom is -0.388 e. The fourth-order valence-corrected chi connectivity index (χ4v) is 2.83. The molecule has 0 radical (unpaired) electrons. The van der Waals surface area contributed by atoms with Crippen molar-refractivity contribution in [1.29, 1.82) is 0 Å². The van der Waals surface area contributed by atoms with E-state index >= 15 is 0 Å². The molecule has 1 saturated heterocycles. The number of hydrogen-bond acceptors (Lipinski definition) is 5. The molecule has 1 heterocycles. The largest absolute Gasteiger partial charge is 0.388 e. The van der Waals surface area contributed by atoms with Gasteiger partial charge in [0.05, 0.1) is 25.9 Å². The van der Waals surface area contributed by atoms with Gasteiger partial charge >= 0.3 is 0 Å².